The van der Waals surface area contributed by atoms with E-state index in [2.05, 4.69) is 5.16 Å². The van der Waals surface area contributed by atoms with E-state index in [1.807, 2.05) is 0 Å². The van der Waals surface area contributed by atoms with Crippen LogP contribution in [0, 0.1) is 5.92 Å². The lowest BCUT2D eigenvalue weighted by molar-refractivity contribution is -0.157. The standard InChI is InChI=1S/C17H23N3O6/c1-4-25-16(23)12-13(24-3)15(22)19(2)17(12)6-9-20(10-7-17)14(21)11-5-8-18-26-11/h5,8,12-13H,4,6-7,9-10H2,1-3H3/t12-,13+/m0/s1. The number of aromatic nitrogens is 1. The summed E-state index contributed by atoms with van der Waals surface area (Å²) in [5, 5.41) is 3.55. The number of likely N-dealkylation sites (tertiary alicyclic amines) is 2. The predicted octanol–water partition coefficient (Wildman–Crippen LogP) is 0.316. The Morgan fingerprint density at radius 2 is 2.08 bits per heavy atom. The minimum atomic E-state index is -0.865. The second-order valence-corrected chi connectivity index (χ2v) is 6.56. The number of ether oxygens (including phenoxy) is 2. The maximum absolute atomic E-state index is 12.6. The van der Waals surface area contributed by atoms with Crippen molar-refractivity contribution in [2.75, 3.05) is 33.9 Å². The summed E-state index contributed by atoms with van der Waals surface area (Å²) in [7, 11) is 3.10. The third kappa shape index (κ3) is 2.76. The lowest BCUT2D eigenvalue weighted by Crippen LogP contribution is -2.57. The van der Waals surface area contributed by atoms with Crippen LogP contribution in [0.2, 0.25) is 0 Å². The zero-order chi connectivity index (χ0) is 18.9. The topological polar surface area (TPSA) is 102 Å². The van der Waals surface area contributed by atoms with Crippen LogP contribution in [0.5, 0.6) is 0 Å². The number of carbonyl (C=O) groups is 3. The van der Waals surface area contributed by atoms with Crippen LogP contribution in [0.15, 0.2) is 16.8 Å². The van der Waals surface area contributed by atoms with E-state index in [9.17, 15) is 14.4 Å². The molecule has 0 saturated carbocycles. The number of nitrogens with zero attached hydrogens (tertiary/aromatic N) is 3. The van der Waals surface area contributed by atoms with E-state index in [1.54, 1.807) is 23.8 Å². The van der Waals surface area contributed by atoms with E-state index in [0.29, 0.717) is 25.9 Å². The summed E-state index contributed by atoms with van der Waals surface area (Å²) in [5.74, 6) is -1.46. The van der Waals surface area contributed by atoms with Gasteiger partial charge in [0.1, 0.15) is 5.92 Å². The van der Waals surface area contributed by atoms with E-state index in [4.69, 9.17) is 14.0 Å². The van der Waals surface area contributed by atoms with Crippen molar-refractivity contribution < 1.29 is 28.4 Å². The fourth-order valence-corrected chi connectivity index (χ4v) is 4.08. The van der Waals surface area contributed by atoms with Crippen LogP contribution in [-0.2, 0) is 19.1 Å². The van der Waals surface area contributed by atoms with E-state index >= 15 is 0 Å². The number of piperidine rings is 1. The zero-order valence-corrected chi connectivity index (χ0v) is 15.1. The van der Waals surface area contributed by atoms with Crippen molar-refractivity contribution in [3.05, 3.63) is 18.0 Å². The number of hydrogen-bond donors (Lipinski definition) is 0. The monoisotopic (exact) mass is 365 g/mol. The SMILES string of the molecule is CCOC(=O)[C@@H]1[C@@H](OC)C(=O)N(C)C12CCN(C(=O)c1ccno1)CC2. The van der Waals surface area contributed by atoms with Gasteiger partial charge in [-0.25, -0.2) is 0 Å². The molecule has 0 aliphatic carbocycles. The van der Waals surface area contributed by atoms with Gasteiger partial charge in [-0.05, 0) is 19.8 Å². The molecular formula is C17H23N3O6. The molecule has 2 aliphatic rings. The highest BCUT2D eigenvalue weighted by Crippen LogP contribution is 2.44. The average molecular weight is 365 g/mol. The zero-order valence-electron chi connectivity index (χ0n) is 15.1. The minimum absolute atomic E-state index is 0.175. The molecule has 3 heterocycles. The lowest BCUT2D eigenvalue weighted by Gasteiger charge is -2.45. The van der Waals surface area contributed by atoms with Gasteiger partial charge in [0.05, 0.1) is 18.3 Å². The van der Waals surface area contributed by atoms with Gasteiger partial charge in [-0.3, -0.25) is 14.4 Å². The van der Waals surface area contributed by atoms with E-state index in [1.165, 1.54) is 19.4 Å². The van der Waals surface area contributed by atoms with E-state index in [-0.39, 0.29) is 24.2 Å². The Bertz CT molecular complexity index is 681. The van der Waals surface area contributed by atoms with Gasteiger partial charge >= 0.3 is 5.97 Å². The average Bonchev–Trinajstić information content (AvgIpc) is 3.24. The molecule has 0 aromatic carbocycles. The summed E-state index contributed by atoms with van der Waals surface area (Å²) >= 11 is 0. The van der Waals surface area contributed by atoms with Gasteiger partial charge in [-0.15, -0.1) is 0 Å². The van der Waals surface area contributed by atoms with Crippen LogP contribution in [0.4, 0.5) is 0 Å². The fourth-order valence-electron chi connectivity index (χ4n) is 4.08. The molecule has 0 unspecified atom stereocenters. The summed E-state index contributed by atoms with van der Waals surface area (Å²) in [6, 6.07) is 1.51. The molecule has 2 fully saturated rings. The molecule has 1 aromatic heterocycles. The molecule has 3 rings (SSSR count). The third-order valence-electron chi connectivity index (χ3n) is 5.48. The fraction of sp³-hybridized carbons (Fsp3) is 0.647. The highest BCUT2D eigenvalue weighted by Gasteiger charge is 2.62. The molecular weight excluding hydrogens is 342 g/mol. The highest BCUT2D eigenvalue weighted by atomic mass is 16.5. The quantitative estimate of drug-likeness (QED) is 0.708. The molecule has 0 N–H and O–H groups in total. The first-order valence-electron chi connectivity index (χ1n) is 8.63. The van der Waals surface area contributed by atoms with Gasteiger partial charge in [-0.1, -0.05) is 5.16 Å². The van der Waals surface area contributed by atoms with Crippen molar-refractivity contribution >= 4 is 17.8 Å². The molecule has 2 atom stereocenters. The number of amides is 2. The van der Waals surface area contributed by atoms with Gasteiger partial charge in [0.25, 0.3) is 11.8 Å². The number of methoxy groups -OCH3 is 1. The van der Waals surface area contributed by atoms with E-state index < -0.39 is 23.5 Å². The number of esters is 1. The van der Waals surface area contributed by atoms with Gasteiger partial charge in [0.15, 0.2) is 6.10 Å². The first-order valence-corrected chi connectivity index (χ1v) is 8.63. The van der Waals surface area contributed by atoms with Gasteiger partial charge in [0.2, 0.25) is 5.76 Å². The normalized spacial score (nSPS) is 25.0. The first-order chi connectivity index (χ1) is 12.5. The van der Waals surface area contributed by atoms with Crippen LogP contribution in [0.3, 0.4) is 0 Å². The molecule has 0 radical (unpaired) electrons. The minimum Gasteiger partial charge on any atom is -0.466 e. The van der Waals surface area contributed by atoms with Crippen molar-refractivity contribution in [2.45, 2.75) is 31.4 Å². The van der Waals surface area contributed by atoms with Crippen molar-refractivity contribution in [3.8, 4) is 0 Å². The van der Waals surface area contributed by atoms with Crippen LogP contribution < -0.4 is 0 Å². The summed E-state index contributed by atoms with van der Waals surface area (Å²) in [4.78, 5) is 40.9. The van der Waals surface area contributed by atoms with Crippen molar-refractivity contribution in [3.63, 3.8) is 0 Å². The second-order valence-electron chi connectivity index (χ2n) is 6.56. The molecule has 26 heavy (non-hydrogen) atoms. The smallest absolute Gasteiger partial charge is 0.314 e. The molecule has 142 valence electrons. The number of rotatable bonds is 4. The molecule has 9 heteroatoms. The van der Waals surface area contributed by atoms with Crippen LogP contribution >= 0.6 is 0 Å². The number of hydrogen-bond acceptors (Lipinski definition) is 7. The summed E-state index contributed by atoms with van der Waals surface area (Å²) < 4.78 is 15.5. The van der Waals surface area contributed by atoms with Crippen molar-refractivity contribution in [2.24, 2.45) is 5.92 Å². The predicted molar refractivity (Wildman–Crippen MR) is 88.1 cm³/mol. The number of likely N-dealkylation sites (N-methyl/N-ethyl adjacent to an activating group) is 1. The molecule has 2 amide bonds. The molecule has 2 saturated heterocycles. The summed E-state index contributed by atoms with van der Waals surface area (Å²) in [6.07, 6.45) is 1.47. The Morgan fingerprint density at radius 3 is 2.62 bits per heavy atom. The Hall–Kier alpha value is -2.42. The van der Waals surface area contributed by atoms with Crippen molar-refractivity contribution in [1.29, 1.82) is 0 Å². The van der Waals surface area contributed by atoms with E-state index in [0.717, 1.165) is 0 Å². The van der Waals surface area contributed by atoms with Crippen molar-refractivity contribution in [1.82, 2.24) is 15.0 Å². The van der Waals surface area contributed by atoms with Gasteiger partial charge in [0, 0.05) is 33.3 Å². The van der Waals surface area contributed by atoms with Crippen LogP contribution in [0.25, 0.3) is 0 Å². The Labute approximate surface area is 151 Å². The highest BCUT2D eigenvalue weighted by molar-refractivity contribution is 5.94. The molecule has 1 spiro atoms. The summed E-state index contributed by atoms with van der Waals surface area (Å²) in [5.41, 5.74) is -0.720. The third-order valence-corrected chi connectivity index (χ3v) is 5.48. The van der Waals surface area contributed by atoms with Gasteiger partial charge in [-0.2, -0.15) is 0 Å². The first kappa shape index (κ1) is 18.4. The second kappa shape index (κ2) is 7.06. The molecule has 2 aliphatic heterocycles. The largest absolute Gasteiger partial charge is 0.466 e. The Balaban J connectivity index is 1.82. The summed E-state index contributed by atoms with van der Waals surface area (Å²) in [6.45, 7) is 2.74. The molecule has 0 bridgehead atoms. The molecule has 9 nitrogen and oxygen atoms in total. The lowest BCUT2D eigenvalue weighted by atomic mass is 9.76. The Kier molecular flexibility index (Phi) is 4.99. The maximum Gasteiger partial charge on any atom is 0.314 e. The number of carbonyl (C=O) groups excluding carboxylic acids is 3. The van der Waals surface area contributed by atoms with Crippen LogP contribution in [-0.4, -0.2) is 78.2 Å². The Morgan fingerprint density at radius 1 is 1.38 bits per heavy atom. The maximum atomic E-state index is 12.6. The van der Waals surface area contributed by atoms with Gasteiger partial charge < -0.3 is 23.8 Å². The van der Waals surface area contributed by atoms with Crippen LogP contribution in [0.1, 0.15) is 30.3 Å². The molecule has 1 aromatic rings.